The minimum absolute atomic E-state index is 0. The van der Waals surface area contributed by atoms with Gasteiger partial charge in [-0.15, -0.1) is 11.3 Å². The summed E-state index contributed by atoms with van der Waals surface area (Å²) in [6.45, 7) is 0. The molecular weight excluding hydrogens is 431 g/mol. The molecule has 4 rings (SSSR count). The molecule has 0 aromatic carbocycles. The Bertz CT molecular complexity index is 714. The van der Waals surface area contributed by atoms with Crippen LogP contribution in [0.15, 0.2) is 6.33 Å². The number of hydrogen-bond acceptors (Lipinski definition) is 4. The summed E-state index contributed by atoms with van der Waals surface area (Å²) in [5.41, 5.74) is 1.52. The Kier molecular flexibility index (Phi) is 5.37. The van der Waals surface area contributed by atoms with Crippen LogP contribution in [0.25, 0.3) is 10.2 Å². The number of rotatable bonds is 3. The fourth-order valence-corrected chi connectivity index (χ4v) is 5.46. The van der Waals surface area contributed by atoms with Gasteiger partial charge in [0, 0.05) is 23.8 Å². The highest BCUT2D eigenvalue weighted by Gasteiger charge is 2.30. The molecule has 2 aromatic heterocycles. The van der Waals surface area contributed by atoms with E-state index in [-0.39, 0.29) is 24.0 Å². The second-order valence-corrected chi connectivity index (χ2v) is 9.11. The van der Waals surface area contributed by atoms with Crippen molar-refractivity contribution in [2.75, 3.05) is 26.5 Å². The smallest absolute Gasteiger partial charge is 0.138 e. The van der Waals surface area contributed by atoms with E-state index in [1.54, 1.807) is 6.33 Å². The Hall–Kier alpha value is -0.470. The topological polar surface area (TPSA) is 37.8 Å². The lowest BCUT2D eigenvalue weighted by Crippen LogP contribution is -3.00. The molecule has 0 spiro atoms. The molecule has 0 amide bonds. The standard InChI is InChI=1S/C18H27N4S.HI/c1-22(2,3)13-9-7-12(8-10-13)21-17-16-14-5-4-6-15(14)23-18(16)20-11-19-17;/h11-13H,4-10H2,1-3H3,(H,19,20,21);1H/q+1;/p-1/t12-,13-;. The van der Waals surface area contributed by atoms with Gasteiger partial charge in [-0.3, -0.25) is 0 Å². The van der Waals surface area contributed by atoms with Gasteiger partial charge in [0.25, 0.3) is 0 Å². The molecule has 1 saturated carbocycles. The van der Waals surface area contributed by atoms with Crippen molar-refractivity contribution in [2.45, 2.75) is 57.0 Å². The van der Waals surface area contributed by atoms with E-state index in [0.29, 0.717) is 6.04 Å². The second-order valence-electron chi connectivity index (χ2n) is 8.03. The zero-order valence-corrected chi connectivity index (χ0v) is 17.8. The third kappa shape index (κ3) is 3.42. The van der Waals surface area contributed by atoms with Crippen LogP contribution < -0.4 is 29.3 Å². The van der Waals surface area contributed by atoms with Crippen LogP contribution in [-0.4, -0.2) is 47.7 Å². The molecule has 0 saturated heterocycles. The van der Waals surface area contributed by atoms with Crippen molar-refractivity contribution in [1.82, 2.24) is 9.97 Å². The fourth-order valence-electron chi connectivity index (χ4n) is 4.23. The Morgan fingerprint density at radius 3 is 2.54 bits per heavy atom. The summed E-state index contributed by atoms with van der Waals surface area (Å²) in [5.74, 6) is 1.09. The average molecular weight is 458 g/mol. The van der Waals surface area contributed by atoms with Crippen molar-refractivity contribution in [3.05, 3.63) is 16.8 Å². The van der Waals surface area contributed by atoms with E-state index in [1.165, 1.54) is 65.6 Å². The minimum atomic E-state index is 0. The van der Waals surface area contributed by atoms with Crippen molar-refractivity contribution >= 4 is 27.4 Å². The van der Waals surface area contributed by atoms with Crippen LogP contribution in [0.3, 0.4) is 0 Å². The monoisotopic (exact) mass is 458 g/mol. The first-order valence-corrected chi connectivity index (χ1v) is 9.67. The zero-order chi connectivity index (χ0) is 16.0. The maximum absolute atomic E-state index is 4.60. The molecule has 1 N–H and O–H groups in total. The van der Waals surface area contributed by atoms with Crippen LogP contribution in [0.5, 0.6) is 0 Å². The maximum atomic E-state index is 4.60. The number of quaternary nitrogens is 1. The van der Waals surface area contributed by atoms with Crippen LogP contribution in [0.1, 0.15) is 42.5 Å². The molecule has 2 aliphatic carbocycles. The van der Waals surface area contributed by atoms with Gasteiger partial charge in [0.15, 0.2) is 0 Å². The highest BCUT2D eigenvalue weighted by molar-refractivity contribution is 7.19. The summed E-state index contributed by atoms with van der Waals surface area (Å²) in [4.78, 5) is 11.8. The first kappa shape index (κ1) is 18.3. The van der Waals surface area contributed by atoms with Crippen LogP contribution in [-0.2, 0) is 12.8 Å². The summed E-state index contributed by atoms with van der Waals surface area (Å²) in [5, 5.41) is 5.08. The van der Waals surface area contributed by atoms with E-state index < -0.39 is 0 Å². The van der Waals surface area contributed by atoms with Crippen molar-refractivity contribution in [1.29, 1.82) is 0 Å². The predicted molar refractivity (Wildman–Crippen MR) is 97.1 cm³/mol. The number of anilines is 1. The molecule has 0 atom stereocenters. The van der Waals surface area contributed by atoms with Gasteiger partial charge in [0.2, 0.25) is 0 Å². The molecule has 0 unspecified atom stereocenters. The molecular formula is C18H27IN4S. The molecule has 6 heteroatoms. The Labute approximate surface area is 165 Å². The largest absolute Gasteiger partial charge is 1.00 e. The second kappa shape index (κ2) is 7.03. The minimum Gasteiger partial charge on any atom is -1.00 e. The number of nitrogens with one attached hydrogen (secondary N) is 1. The number of hydrogen-bond donors (Lipinski definition) is 1. The number of nitrogens with zero attached hydrogens (tertiary/aromatic N) is 3. The number of thiophene rings is 1. The van der Waals surface area contributed by atoms with Crippen molar-refractivity contribution in [3.8, 4) is 0 Å². The van der Waals surface area contributed by atoms with E-state index in [4.69, 9.17) is 0 Å². The quantitative estimate of drug-likeness (QED) is 0.542. The van der Waals surface area contributed by atoms with Crippen molar-refractivity contribution in [2.24, 2.45) is 0 Å². The van der Waals surface area contributed by atoms with Crippen LogP contribution >= 0.6 is 11.3 Å². The normalized spacial score (nSPS) is 23.8. The molecule has 0 bridgehead atoms. The molecule has 132 valence electrons. The van der Waals surface area contributed by atoms with Crippen LogP contribution in [0.4, 0.5) is 5.82 Å². The van der Waals surface area contributed by atoms with Gasteiger partial charge in [-0.2, -0.15) is 0 Å². The summed E-state index contributed by atoms with van der Waals surface area (Å²) in [6.07, 6.45) is 10.5. The Balaban J connectivity index is 0.00000169. The maximum Gasteiger partial charge on any atom is 0.138 e. The molecule has 2 heterocycles. The fraction of sp³-hybridized carbons (Fsp3) is 0.667. The molecule has 0 aliphatic heterocycles. The summed E-state index contributed by atoms with van der Waals surface area (Å²) >= 11 is 1.87. The highest BCUT2D eigenvalue weighted by Crippen LogP contribution is 2.39. The van der Waals surface area contributed by atoms with Gasteiger partial charge in [0.05, 0.1) is 32.6 Å². The Morgan fingerprint density at radius 1 is 1.08 bits per heavy atom. The molecule has 2 aliphatic rings. The van der Waals surface area contributed by atoms with E-state index >= 15 is 0 Å². The number of aromatic nitrogens is 2. The predicted octanol–water partition coefficient (Wildman–Crippen LogP) is 0.613. The van der Waals surface area contributed by atoms with Crippen LogP contribution in [0, 0.1) is 0 Å². The first-order valence-electron chi connectivity index (χ1n) is 8.85. The van der Waals surface area contributed by atoms with E-state index in [0.717, 1.165) is 16.3 Å². The highest BCUT2D eigenvalue weighted by atomic mass is 127. The van der Waals surface area contributed by atoms with E-state index in [9.17, 15) is 0 Å². The van der Waals surface area contributed by atoms with E-state index in [2.05, 4.69) is 36.4 Å². The van der Waals surface area contributed by atoms with Gasteiger partial charge in [-0.05, 0) is 37.7 Å². The number of halogens is 1. The number of aryl methyl sites for hydroxylation is 2. The third-order valence-corrected chi connectivity index (χ3v) is 6.83. The third-order valence-electron chi connectivity index (χ3n) is 5.63. The molecule has 4 nitrogen and oxygen atoms in total. The van der Waals surface area contributed by atoms with Gasteiger partial charge in [-0.1, -0.05) is 0 Å². The summed E-state index contributed by atoms with van der Waals surface area (Å²) in [6, 6.07) is 1.36. The lowest BCUT2D eigenvalue weighted by Gasteiger charge is -2.39. The molecule has 24 heavy (non-hydrogen) atoms. The zero-order valence-electron chi connectivity index (χ0n) is 14.8. The Morgan fingerprint density at radius 2 is 1.83 bits per heavy atom. The SMILES string of the molecule is C[N+](C)(C)[C@H]1CC[C@H](Nc2ncnc3sc4c(c23)CCC4)CC1.[I-]. The first-order chi connectivity index (χ1) is 11.0. The van der Waals surface area contributed by atoms with Gasteiger partial charge in [0.1, 0.15) is 17.0 Å². The lowest BCUT2D eigenvalue weighted by molar-refractivity contribution is -0.897. The molecule has 1 fully saturated rings. The number of fused-ring (bicyclic) bond motifs is 3. The van der Waals surface area contributed by atoms with E-state index in [1.807, 2.05) is 11.3 Å². The van der Waals surface area contributed by atoms with Gasteiger partial charge >= 0.3 is 0 Å². The van der Waals surface area contributed by atoms with Crippen LogP contribution in [0.2, 0.25) is 0 Å². The van der Waals surface area contributed by atoms with Crippen molar-refractivity contribution in [3.63, 3.8) is 0 Å². The average Bonchev–Trinajstić information content (AvgIpc) is 3.07. The molecule has 0 radical (unpaired) electrons. The summed E-state index contributed by atoms with van der Waals surface area (Å²) < 4.78 is 1.09. The lowest BCUT2D eigenvalue weighted by atomic mass is 9.89. The summed E-state index contributed by atoms with van der Waals surface area (Å²) in [7, 11) is 6.96. The molecule has 2 aromatic rings. The van der Waals surface area contributed by atoms with Gasteiger partial charge in [-0.25, -0.2) is 9.97 Å². The van der Waals surface area contributed by atoms with Crippen molar-refractivity contribution < 1.29 is 28.5 Å². The van der Waals surface area contributed by atoms with Gasteiger partial charge < -0.3 is 33.8 Å².